The van der Waals surface area contributed by atoms with Crippen LogP contribution in [0, 0.1) is 10.1 Å². The summed E-state index contributed by atoms with van der Waals surface area (Å²) >= 11 is 4.51. The number of thiocarbonyl (C=S) groups is 1. The van der Waals surface area contributed by atoms with Crippen LogP contribution in [0.5, 0.6) is 11.5 Å². The van der Waals surface area contributed by atoms with Gasteiger partial charge >= 0.3 is 0 Å². The summed E-state index contributed by atoms with van der Waals surface area (Å²) in [6.07, 6.45) is 1.12. The maximum Gasteiger partial charge on any atom is 0.282 e. The molecule has 0 bridgehead atoms. The molecule has 0 aromatic heterocycles. The van der Waals surface area contributed by atoms with Crippen molar-refractivity contribution in [3.63, 3.8) is 0 Å². The Morgan fingerprint density at radius 1 is 1.72 bits per heavy atom. The van der Waals surface area contributed by atoms with E-state index < -0.39 is 4.92 Å². The summed E-state index contributed by atoms with van der Waals surface area (Å²) in [6.45, 7) is 0. The Hall–Kier alpha value is -2.42. The molecule has 4 N–H and O–H groups in total. The number of hydrazone groups is 1. The lowest BCUT2D eigenvalue weighted by molar-refractivity contribution is -0.385. The molecule has 0 fully saturated rings. The summed E-state index contributed by atoms with van der Waals surface area (Å²) in [5.74, 6) is -0.235. The molecule has 1 aromatic rings. The SMILES string of the molecule is COc1cc([N+](=O)[O-])c(/C=N/NC(N)=S)cc1O. The Morgan fingerprint density at radius 3 is 2.89 bits per heavy atom. The van der Waals surface area contributed by atoms with Gasteiger partial charge in [0.05, 0.1) is 29.9 Å². The van der Waals surface area contributed by atoms with E-state index in [1.165, 1.54) is 7.11 Å². The number of benzene rings is 1. The van der Waals surface area contributed by atoms with Gasteiger partial charge in [-0.15, -0.1) is 0 Å². The largest absolute Gasteiger partial charge is 0.504 e. The van der Waals surface area contributed by atoms with Gasteiger partial charge in [0.1, 0.15) is 0 Å². The van der Waals surface area contributed by atoms with Gasteiger partial charge in [-0.25, -0.2) is 0 Å². The molecule has 9 heteroatoms. The van der Waals surface area contributed by atoms with Crippen molar-refractivity contribution in [2.24, 2.45) is 10.8 Å². The highest BCUT2D eigenvalue weighted by atomic mass is 32.1. The molecule has 0 aliphatic heterocycles. The topological polar surface area (TPSA) is 123 Å². The molecule has 1 rings (SSSR count). The molecule has 0 spiro atoms. The zero-order valence-corrected chi connectivity index (χ0v) is 10.1. The maximum absolute atomic E-state index is 10.8. The van der Waals surface area contributed by atoms with Crippen molar-refractivity contribution in [1.82, 2.24) is 5.43 Å². The van der Waals surface area contributed by atoms with Gasteiger partial charge in [-0.3, -0.25) is 15.5 Å². The van der Waals surface area contributed by atoms with E-state index in [0.717, 1.165) is 18.3 Å². The lowest BCUT2D eigenvalue weighted by atomic mass is 10.1. The van der Waals surface area contributed by atoms with Crippen LogP contribution in [-0.4, -0.2) is 28.5 Å². The maximum atomic E-state index is 10.8. The fourth-order valence-electron chi connectivity index (χ4n) is 1.16. The molecule has 0 saturated heterocycles. The van der Waals surface area contributed by atoms with Gasteiger partial charge in [-0.1, -0.05) is 0 Å². The second-order valence-electron chi connectivity index (χ2n) is 3.07. The number of methoxy groups -OCH3 is 1. The van der Waals surface area contributed by atoms with E-state index in [2.05, 4.69) is 22.7 Å². The molecule has 8 nitrogen and oxygen atoms in total. The van der Waals surface area contributed by atoms with E-state index in [0.29, 0.717) is 0 Å². The van der Waals surface area contributed by atoms with Crippen molar-refractivity contribution in [2.45, 2.75) is 0 Å². The number of nitrogens with one attached hydrogen (secondary N) is 1. The van der Waals surface area contributed by atoms with Crippen LogP contribution in [0.2, 0.25) is 0 Å². The Labute approximate surface area is 107 Å². The Balaban J connectivity index is 3.17. The second-order valence-corrected chi connectivity index (χ2v) is 3.51. The minimum absolute atomic E-state index is 0.00107. The van der Waals surface area contributed by atoms with Crippen molar-refractivity contribution in [1.29, 1.82) is 0 Å². The number of hydrogen-bond donors (Lipinski definition) is 3. The fourth-order valence-corrected chi connectivity index (χ4v) is 1.22. The number of nitro groups is 1. The third kappa shape index (κ3) is 3.28. The zero-order chi connectivity index (χ0) is 13.7. The van der Waals surface area contributed by atoms with Crippen molar-refractivity contribution in [2.75, 3.05) is 7.11 Å². The average molecular weight is 270 g/mol. The lowest BCUT2D eigenvalue weighted by Gasteiger charge is -2.04. The normalized spacial score (nSPS) is 10.3. The van der Waals surface area contributed by atoms with E-state index in [1.807, 2.05) is 0 Å². The molecule has 0 aliphatic carbocycles. The fraction of sp³-hybridized carbons (Fsp3) is 0.111. The van der Waals surface area contributed by atoms with Gasteiger partial charge in [0, 0.05) is 0 Å². The van der Waals surface area contributed by atoms with Crippen LogP contribution < -0.4 is 15.9 Å². The Bertz CT molecular complexity index is 518. The van der Waals surface area contributed by atoms with Gasteiger partial charge in [0.25, 0.3) is 5.69 Å². The van der Waals surface area contributed by atoms with E-state index in [9.17, 15) is 15.2 Å². The number of nitrogens with zero attached hydrogens (tertiary/aromatic N) is 2. The second kappa shape index (κ2) is 5.77. The summed E-state index contributed by atoms with van der Waals surface area (Å²) in [5, 5.41) is 23.9. The Kier molecular flexibility index (Phi) is 4.38. The molecule has 0 heterocycles. The number of nitro benzene ring substituents is 1. The molecule has 96 valence electrons. The number of hydrogen-bond acceptors (Lipinski definition) is 6. The number of rotatable bonds is 4. The molecule has 0 radical (unpaired) electrons. The molecule has 1 aromatic carbocycles. The first-order chi connectivity index (χ1) is 8.45. The number of aromatic hydroxyl groups is 1. The van der Waals surface area contributed by atoms with Gasteiger partial charge in [-0.2, -0.15) is 5.10 Å². The smallest absolute Gasteiger partial charge is 0.282 e. The van der Waals surface area contributed by atoms with Crippen molar-refractivity contribution in [3.8, 4) is 11.5 Å². The van der Waals surface area contributed by atoms with Gasteiger partial charge in [0.15, 0.2) is 16.6 Å². The van der Waals surface area contributed by atoms with Crippen LogP contribution in [0.4, 0.5) is 5.69 Å². The predicted molar refractivity (Wildman–Crippen MR) is 68.8 cm³/mol. The highest BCUT2D eigenvalue weighted by Crippen LogP contribution is 2.32. The number of phenols is 1. The Morgan fingerprint density at radius 2 is 2.39 bits per heavy atom. The quantitative estimate of drug-likeness (QED) is 0.314. The van der Waals surface area contributed by atoms with E-state index in [-0.39, 0.29) is 27.9 Å². The van der Waals surface area contributed by atoms with Crippen LogP contribution in [0.3, 0.4) is 0 Å². The number of phenolic OH excluding ortho intramolecular Hbond substituents is 1. The first kappa shape index (κ1) is 13.6. The average Bonchev–Trinajstić information content (AvgIpc) is 2.28. The summed E-state index contributed by atoms with van der Waals surface area (Å²) in [7, 11) is 1.29. The summed E-state index contributed by atoms with van der Waals surface area (Å²) < 4.78 is 4.78. The minimum Gasteiger partial charge on any atom is -0.504 e. The summed E-state index contributed by atoms with van der Waals surface area (Å²) in [4.78, 5) is 10.2. The van der Waals surface area contributed by atoms with Crippen molar-refractivity contribution < 1.29 is 14.8 Å². The lowest BCUT2D eigenvalue weighted by Crippen LogP contribution is -2.24. The third-order valence-electron chi connectivity index (χ3n) is 1.90. The standard InChI is InChI=1S/C9H10N4O4S/c1-17-8-3-6(13(15)16)5(2-7(8)14)4-11-12-9(10)18/h2-4,14H,1H3,(H3,10,12,18)/b11-4+. The van der Waals surface area contributed by atoms with Crippen molar-refractivity contribution >= 4 is 29.2 Å². The predicted octanol–water partition coefficient (Wildman–Crippen LogP) is 0.476. The molecular weight excluding hydrogens is 260 g/mol. The van der Waals surface area contributed by atoms with Crippen LogP contribution in [0.15, 0.2) is 17.2 Å². The molecular formula is C9H10N4O4S. The summed E-state index contributed by atoms with van der Waals surface area (Å²) in [5.41, 5.74) is 7.20. The van der Waals surface area contributed by atoms with E-state index >= 15 is 0 Å². The van der Waals surface area contributed by atoms with E-state index in [1.54, 1.807) is 0 Å². The minimum atomic E-state index is -0.621. The molecule has 0 aliphatic rings. The van der Waals surface area contributed by atoms with Crippen LogP contribution in [0.25, 0.3) is 0 Å². The molecule has 18 heavy (non-hydrogen) atoms. The monoisotopic (exact) mass is 270 g/mol. The highest BCUT2D eigenvalue weighted by Gasteiger charge is 2.17. The van der Waals surface area contributed by atoms with Gasteiger partial charge in [-0.05, 0) is 18.3 Å². The first-order valence-electron chi connectivity index (χ1n) is 4.59. The van der Waals surface area contributed by atoms with Crippen LogP contribution in [0.1, 0.15) is 5.56 Å². The zero-order valence-electron chi connectivity index (χ0n) is 9.28. The van der Waals surface area contributed by atoms with Crippen molar-refractivity contribution in [3.05, 3.63) is 27.8 Å². The summed E-state index contributed by atoms with van der Waals surface area (Å²) in [6, 6.07) is 2.25. The highest BCUT2D eigenvalue weighted by molar-refractivity contribution is 7.80. The van der Waals surface area contributed by atoms with Crippen LogP contribution in [-0.2, 0) is 0 Å². The third-order valence-corrected chi connectivity index (χ3v) is 1.99. The number of ether oxygens (including phenoxy) is 1. The van der Waals surface area contributed by atoms with Gasteiger partial charge < -0.3 is 15.6 Å². The van der Waals surface area contributed by atoms with Gasteiger partial charge in [0.2, 0.25) is 0 Å². The van der Waals surface area contributed by atoms with E-state index in [4.69, 9.17) is 10.5 Å². The molecule has 0 saturated carbocycles. The number of nitrogens with two attached hydrogens (primary N) is 1. The molecule has 0 unspecified atom stereocenters. The van der Waals surface area contributed by atoms with Crippen LogP contribution >= 0.6 is 12.2 Å². The molecule has 0 atom stereocenters. The first-order valence-corrected chi connectivity index (χ1v) is 5.00. The molecule has 0 amide bonds.